The van der Waals surface area contributed by atoms with E-state index in [1.807, 2.05) is 0 Å². The largest absolute Gasteiger partial charge is 0.464 e. The standard InChI is InChI=1S/C14H18ClN3O4/c1-20-14(19)11-10(15)13(18-12(17-11)8-2-3-8)16-5-4-9-21-6-7-22-9/h8-9H,2-7H2,1H3,(H,16,17,18). The van der Waals surface area contributed by atoms with E-state index in [2.05, 4.69) is 15.3 Å². The molecule has 0 spiro atoms. The molecule has 22 heavy (non-hydrogen) atoms. The minimum Gasteiger partial charge on any atom is -0.464 e. The number of esters is 1. The van der Waals surface area contributed by atoms with E-state index in [0.717, 1.165) is 12.8 Å². The van der Waals surface area contributed by atoms with E-state index in [-0.39, 0.29) is 17.0 Å². The molecule has 0 radical (unpaired) electrons. The van der Waals surface area contributed by atoms with Gasteiger partial charge in [0.25, 0.3) is 0 Å². The van der Waals surface area contributed by atoms with Crippen molar-refractivity contribution in [2.24, 2.45) is 0 Å². The van der Waals surface area contributed by atoms with Crippen molar-refractivity contribution in [3.05, 3.63) is 16.5 Å². The van der Waals surface area contributed by atoms with Crippen molar-refractivity contribution in [3.8, 4) is 0 Å². The smallest absolute Gasteiger partial charge is 0.358 e. The van der Waals surface area contributed by atoms with E-state index >= 15 is 0 Å². The van der Waals surface area contributed by atoms with Gasteiger partial charge in [-0.2, -0.15) is 0 Å². The van der Waals surface area contributed by atoms with E-state index in [1.54, 1.807) is 0 Å². The molecule has 0 atom stereocenters. The van der Waals surface area contributed by atoms with Crippen LogP contribution in [0.15, 0.2) is 0 Å². The summed E-state index contributed by atoms with van der Waals surface area (Å²) in [6, 6.07) is 0. The Morgan fingerprint density at radius 1 is 1.36 bits per heavy atom. The van der Waals surface area contributed by atoms with Gasteiger partial charge in [-0.25, -0.2) is 14.8 Å². The average molecular weight is 328 g/mol. The molecule has 1 aromatic heterocycles. The van der Waals surface area contributed by atoms with Crippen LogP contribution in [0.2, 0.25) is 5.02 Å². The lowest BCUT2D eigenvalue weighted by Crippen LogP contribution is -2.17. The van der Waals surface area contributed by atoms with E-state index in [0.29, 0.717) is 43.7 Å². The molecule has 1 aliphatic heterocycles. The SMILES string of the molecule is COC(=O)c1nc(C2CC2)nc(NCCC2OCCO2)c1Cl. The normalized spacial score (nSPS) is 18.5. The molecule has 1 aliphatic carbocycles. The molecular weight excluding hydrogens is 310 g/mol. The molecule has 2 aliphatic rings. The topological polar surface area (TPSA) is 82.6 Å². The molecular formula is C14H18ClN3O4. The van der Waals surface area contributed by atoms with Gasteiger partial charge in [-0.1, -0.05) is 11.6 Å². The molecule has 1 saturated heterocycles. The Hall–Kier alpha value is -1.44. The van der Waals surface area contributed by atoms with Gasteiger partial charge < -0.3 is 19.5 Å². The molecule has 0 unspecified atom stereocenters. The maximum atomic E-state index is 11.8. The van der Waals surface area contributed by atoms with Gasteiger partial charge in [0, 0.05) is 18.9 Å². The molecule has 0 aromatic carbocycles. The first-order chi connectivity index (χ1) is 10.7. The molecule has 1 aromatic rings. The van der Waals surface area contributed by atoms with Crippen molar-refractivity contribution in [2.45, 2.75) is 31.5 Å². The summed E-state index contributed by atoms with van der Waals surface area (Å²) in [6.45, 7) is 1.82. The number of rotatable bonds is 6. The average Bonchev–Trinajstić information content (AvgIpc) is 3.25. The van der Waals surface area contributed by atoms with Crippen LogP contribution in [-0.2, 0) is 14.2 Å². The van der Waals surface area contributed by atoms with Crippen molar-refractivity contribution in [1.29, 1.82) is 0 Å². The van der Waals surface area contributed by atoms with Crippen LogP contribution in [-0.4, -0.2) is 49.1 Å². The van der Waals surface area contributed by atoms with Gasteiger partial charge >= 0.3 is 5.97 Å². The Morgan fingerprint density at radius 3 is 2.73 bits per heavy atom. The number of nitrogens with zero attached hydrogens (tertiary/aromatic N) is 2. The number of hydrogen-bond acceptors (Lipinski definition) is 7. The summed E-state index contributed by atoms with van der Waals surface area (Å²) in [5.74, 6) is 0.847. The van der Waals surface area contributed by atoms with E-state index in [1.165, 1.54) is 7.11 Å². The fraction of sp³-hybridized carbons (Fsp3) is 0.643. The summed E-state index contributed by atoms with van der Waals surface area (Å²) in [7, 11) is 1.31. The maximum Gasteiger partial charge on any atom is 0.358 e. The van der Waals surface area contributed by atoms with Crippen molar-refractivity contribution in [1.82, 2.24) is 9.97 Å². The zero-order valence-electron chi connectivity index (χ0n) is 12.3. The molecule has 0 bridgehead atoms. The van der Waals surface area contributed by atoms with Gasteiger partial charge in [0.2, 0.25) is 0 Å². The number of halogens is 1. The van der Waals surface area contributed by atoms with E-state index < -0.39 is 5.97 Å². The van der Waals surface area contributed by atoms with Gasteiger partial charge in [0.05, 0.1) is 20.3 Å². The highest BCUT2D eigenvalue weighted by molar-refractivity contribution is 6.35. The Morgan fingerprint density at radius 2 is 2.09 bits per heavy atom. The first kappa shape index (κ1) is 15.5. The highest BCUT2D eigenvalue weighted by Crippen LogP contribution is 2.39. The Labute approximate surface area is 133 Å². The van der Waals surface area contributed by atoms with Crippen LogP contribution < -0.4 is 5.32 Å². The van der Waals surface area contributed by atoms with Crippen LogP contribution in [0.5, 0.6) is 0 Å². The summed E-state index contributed by atoms with van der Waals surface area (Å²) in [5, 5.41) is 3.32. The zero-order chi connectivity index (χ0) is 15.5. The fourth-order valence-electron chi connectivity index (χ4n) is 2.22. The quantitative estimate of drug-likeness (QED) is 0.800. The van der Waals surface area contributed by atoms with Crippen LogP contribution in [0.25, 0.3) is 0 Å². The third-order valence-electron chi connectivity index (χ3n) is 3.55. The number of nitrogens with one attached hydrogen (secondary N) is 1. The Balaban J connectivity index is 1.73. The lowest BCUT2D eigenvalue weighted by atomic mass is 10.3. The summed E-state index contributed by atoms with van der Waals surface area (Å²) in [5.41, 5.74) is 0.108. The molecule has 1 N–H and O–H groups in total. The van der Waals surface area contributed by atoms with Crippen molar-refractivity contribution in [2.75, 3.05) is 32.2 Å². The first-order valence-electron chi connectivity index (χ1n) is 7.32. The molecule has 0 amide bonds. The van der Waals surface area contributed by atoms with Crippen LogP contribution in [0.1, 0.15) is 41.5 Å². The van der Waals surface area contributed by atoms with Crippen molar-refractivity contribution >= 4 is 23.4 Å². The number of aromatic nitrogens is 2. The predicted molar refractivity (Wildman–Crippen MR) is 79.2 cm³/mol. The monoisotopic (exact) mass is 327 g/mol. The molecule has 3 rings (SSSR count). The maximum absolute atomic E-state index is 11.8. The van der Waals surface area contributed by atoms with Crippen molar-refractivity contribution < 1.29 is 19.0 Å². The predicted octanol–water partition coefficient (Wildman–Crippen LogP) is 1.97. The molecule has 120 valence electrons. The van der Waals surface area contributed by atoms with Gasteiger partial charge in [-0.15, -0.1) is 0 Å². The summed E-state index contributed by atoms with van der Waals surface area (Å²) in [4.78, 5) is 20.5. The van der Waals surface area contributed by atoms with E-state index in [9.17, 15) is 4.79 Å². The third-order valence-corrected chi connectivity index (χ3v) is 3.91. The van der Waals surface area contributed by atoms with Crippen LogP contribution in [0.3, 0.4) is 0 Å². The highest BCUT2D eigenvalue weighted by Gasteiger charge is 2.30. The number of methoxy groups -OCH3 is 1. The second-order valence-corrected chi connectivity index (χ2v) is 5.62. The Kier molecular flexibility index (Phi) is 4.75. The number of anilines is 1. The van der Waals surface area contributed by atoms with Crippen LogP contribution >= 0.6 is 11.6 Å². The second kappa shape index (κ2) is 6.76. The second-order valence-electron chi connectivity index (χ2n) is 5.25. The first-order valence-corrected chi connectivity index (χ1v) is 7.69. The van der Waals surface area contributed by atoms with Crippen molar-refractivity contribution in [3.63, 3.8) is 0 Å². The lowest BCUT2D eigenvalue weighted by Gasteiger charge is -2.13. The number of carbonyl (C=O) groups is 1. The number of hydrogen-bond donors (Lipinski definition) is 1. The summed E-state index contributed by atoms with van der Waals surface area (Å²) >= 11 is 6.22. The third kappa shape index (κ3) is 3.48. The van der Waals surface area contributed by atoms with E-state index in [4.69, 9.17) is 25.8 Å². The van der Waals surface area contributed by atoms with Crippen LogP contribution in [0, 0.1) is 0 Å². The van der Waals surface area contributed by atoms with Gasteiger partial charge in [0.1, 0.15) is 16.7 Å². The molecule has 1 saturated carbocycles. The number of carbonyl (C=O) groups excluding carboxylic acids is 1. The molecule has 2 heterocycles. The highest BCUT2D eigenvalue weighted by atomic mass is 35.5. The van der Waals surface area contributed by atoms with Gasteiger partial charge in [-0.3, -0.25) is 0 Å². The van der Waals surface area contributed by atoms with Gasteiger partial charge in [0.15, 0.2) is 12.0 Å². The summed E-state index contributed by atoms with van der Waals surface area (Å²) in [6.07, 6.45) is 2.54. The minimum absolute atomic E-state index is 0.108. The molecule has 2 fully saturated rings. The fourth-order valence-corrected chi connectivity index (χ4v) is 2.45. The summed E-state index contributed by atoms with van der Waals surface area (Å²) < 4.78 is 15.5. The number of ether oxygens (including phenoxy) is 3. The van der Waals surface area contributed by atoms with Crippen LogP contribution in [0.4, 0.5) is 5.82 Å². The minimum atomic E-state index is -0.556. The molecule has 8 heteroatoms. The molecule has 7 nitrogen and oxygen atoms in total. The van der Waals surface area contributed by atoms with Gasteiger partial charge in [-0.05, 0) is 12.8 Å². The Bertz CT molecular complexity index is 559. The zero-order valence-corrected chi connectivity index (χ0v) is 13.1. The lowest BCUT2D eigenvalue weighted by molar-refractivity contribution is -0.0439.